The molecular formula is C16H22FN3O3. The Labute approximate surface area is 134 Å². The van der Waals surface area contributed by atoms with Gasteiger partial charge < -0.3 is 15.0 Å². The molecule has 0 amide bonds. The molecule has 2 aliphatic rings. The van der Waals surface area contributed by atoms with Crippen LogP contribution in [-0.2, 0) is 4.74 Å². The molecule has 6 nitrogen and oxygen atoms in total. The van der Waals surface area contributed by atoms with Gasteiger partial charge in [-0.25, -0.2) is 0 Å². The molecule has 2 heterocycles. The minimum absolute atomic E-state index is 0.145. The van der Waals surface area contributed by atoms with Crippen molar-refractivity contribution in [2.24, 2.45) is 5.92 Å². The number of halogens is 1. The molecule has 3 rings (SSSR count). The number of nitro groups is 1. The first-order valence-corrected chi connectivity index (χ1v) is 8.13. The van der Waals surface area contributed by atoms with Crippen molar-refractivity contribution in [2.45, 2.75) is 25.3 Å². The number of benzene rings is 1. The summed E-state index contributed by atoms with van der Waals surface area (Å²) in [5.74, 6) is -0.164. The maximum atomic E-state index is 13.6. The Hall–Kier alpha value is -1.73. The van der Waals surface area contributed by atoms with Gasteiger partial charge in [-0.15, -0.1) is 0 Å². The summed E-state index contributed by atoms with van der Waals surface area (Å²) in [5, 5.41) is 14.2. The van der Waals surface area contributed by atoms with Crippen molar-refractivity contribution in [3.63, 3.8) is 0 Å². The minimum atomic E-state index is -0.793. The maximum absolute atomic E-state index is 13.6. The predicted molar refractivity (Wildman–Crippen MR) is 85.1 cm³/mol. The quantitative estimate of drug-likeness (QED) is 0.666. The fourth-order valence-electron chi connectivity index (χ4n) is 3.39. The summed E-state index contributed by atoms with van der Waals surface area (Å²) in [4.78, 5) is 12.8. The Morgan fingerprint density at radius 1 is 1.35 bits per heavy atom. The van der Waals surface area contributed by atoms with Gasteiger partial charge >= 0.3 is 5.69 Å². The summed E-state index contributed by atoms with van der Waals surface area (Å²) in [7, 11) is 0. The Bertz CT molecular complexity index is 556. The molecule has 0 saturated carbocycles. The van der Waals surface area contributed by atoms with Gasteiger partial charge in [-0.05, 0) is 37.3 Å². The fourth-order valence-corrected chi connectivity index (χ4v) is 3.39. The summed E-state index contributed by atoms with van der Waals surface area (Å²) >= 11 is 0. The van der Waals surface area contributed by atoms with Crippen LogP contribution in [0.3, 0.4) is 0 Å². The fraction of sp³-hybridized carbons (Fsp3) is 0.625. The van der Waals surface area contributed by atoms with E-state index in [9.17, 15) is 14.5 Å². The van der Waals surface area contributed by atoms with Gasteiger partial charge in [0.15, 0.2) is 0 Å². The Morgan fingerprint density at radius 3 is 2.78 bits per heavy atom. The van der Waals surface area contributed by atoms with Crippen molar-refractivity contribution in [1.82, 2.24) is 4.90 Å². The average molecular weight is 323 g/mol. The zero-order valence-electron chi connectivity index (χ0n) is 13.0. The van der Waals surface area contributed by atoms with Gasteiger partial charge in [-0.1, -0.05) is 6.07 Å². The van der Waals surface area contributed by atoms with Crippen molar-refractivity contribution >= 4 is 11.4 Å². The van der Waals surface area contributed by atoms with Crippen molar-refractivity contribution in [1.29, 1.82) is 0 Å². The molecule has 1 atom stereocenters. The minimum Gasteiger partial charge on any atom is -0.381 e. The standard InChI is InChI=1S/C16H22FN3O3/c17-14-2-1-3-15(16(14)20(21)22)18-13-4-7-19(8-5-13)10-12-6-9-23-11-12/h1-3,12-13,18H,4-11H2. The first-order valence-electron chi connectivity index (χ1n) is 8.13. The van der Waals surface area contributed by atoms with Crippen LogP contribution in [0.15, 0.2) is 18.2 Å². The third-order valence-corrected chi connectivity index (χ3v) is 4.66. The van der Waals surface area contributed by atoms with E-state index in [0.29, 0.717) is 5.92 Å². The number of rotatable bonds is 5. The smallest absolute Gasteiger partial charge is 0.327 e. The molecule has 2 saturated heterocycles. The van der Waals surface area contributed by atoms with Crippen LogP contribution in [0, 0.1) is 21.8 Å². The molecule has 0 radical (unpaired) electrons. The summed E-state index contributed by atoms with van der Waals surface area (Å²) in [6.45, 7) is 4.70. The molecule has 2 fully saturated rings. The van der Waals surface area contributed by atoms with Crippen LogP contribution in [0.1, 0.15) is 19.3 Å². The van der Waals surface area contributed by atoms with Crippen LogP contribution in [0.4, 0.5) is 15.8 Å². The van der Waals surface area contributed by atoms with Crippen molar-refractivity contribution in [3.8, 4) is 0 Å². The van der Waals surface area contributed by atoms with Gasteiger partial charge in [0.05, 0.1) is 11.5 Å². The van der Waals surface area contributed by atoms with Crippen LogP contribution in [0.2, 0.25) is 0 Å². The number of nitrogens with zero attached hydrogens (tertiary/aromatic N) is 2. The van der Waals surface area contributed by atoms with Crippen LogP contribution in [0.25, 0.3) is 0 Å². The SMILES string of the molecule is O=[N+]([O-])c1c(F)cccc1NC1CCN(CC2CCOC2)CC1. The molecule has 1 aromatic carbocycles. The molecule has 0 spiro atoms. The zero-order valence-corrected chi connectivity index (χ0v) is 13.0. The van der Waals surface area contributed by atoms with Crippen LogP contribution >= 0.6 is 0 Å². The number of hydrogen-bond acceptors (Lipinski definition) is 5. The predicted octanol–water partition coefficient (Wildman–Crippen LogP) is 2.65. The molecule has 2 aliphatic heterocycles. The van der Waals surface area contributed by atoms with Crippen LogP contribution in [0.5, 0.6) is 0 Å². The summed E-state index contributed by atoms with van der Waals surface area (Å²) in [6, 6.07) is 4.34. The van der Waals surface area contributed by atoms with Crippen LogP contribution < -0.4 is 5.32 Å². The Kier molecular flexibility index (Phi) is 5.07. The largest absolute Gasteiger partial charge is 0.381 e. The number of anilines is 1. The number of para-hydroxylation sites is 1. The van der Waals surface area contributed by atoms with Crippen molar-refractivity contribution in [3.05, 3.63) is 34.1 Å². The summed E-state index contributed by atoms with van der Waals surface area (Å²) in [5.41, 5.74) is -0.185. The number of hydrogen-bond donors (Lipinski definition) is 1. The first-order chi connectivity index (χ1) is 11.1. The van der Waals surface area contributed by atoms with E-state index < -0.39 is 16.4 Å². The lowest BCUT2D eigenvalue weighted by Crippen LogP contribution is -2.41. The lowest BCUT2D eigenvalue weighted by Gasteiger charge is -2.33. The maximum Gasteiger partial charge on any atom is 0.327 e. The zero-order chi connectivity index (χ0) is 16.2. The molecule has 1 aromatic rings. The van der Waals surface area contributed by atoms with E-state index in [1.807, 2.05) is 0 Å². The van der Waals surface area contributed by atoms with Gasteiger partial charge in [0, 0.05) is 32.3 Å². The topological polar surface area (TPSA) is 67.6 Å². The number of nitro benzene ring substituents is 1. The van der Waals surface area contributed by atoms with Gasteiger partial charge in [-0.3, -0.25) is 10.1 Å². The second-order valence-electron chi connectivity index (χ2n) is 6.34. The third kappa shape index (κ3) is 3.97. The molecule has 0 aliphatic carbocycles. The average Bonchev–Trinajstić information content (AvgIpc) is 3.02. The molecule has 1 unspecified atom stereocenters. The second kappa shape index (κ2) is 7.23. The number of piperidine rings is 1. The first kappa shape index (κ1) is 16.1. The molecule has 1 N–H and O–H groups in total. The van der Waals surface area contributed by atoms with Crippen molar-refractivity contribution < 1.29 is 14.1 Å². The summed E-state index contributed by atoms with van der Waals surface area (Å²) in [6.07, 6.45) is 2.94. The van der Waals surface area contributed by atoms with E-state index in [4.69, 9.17) is 4.74 Å². The highest BCUT2D eigenvalue weighted by molar-refractivity contribution is 5.62. The summed E-state index contributed by atoms with van der Waals surface area (Å²) < 4.78 is 19.0. The molecule has 7 heteroatoms. The van der Waals surface area contributed by atoms with E-state index in [2.05, 4.69) is 10.2 Å². The molecule has 0 aromatic heterocycles. The molecule has 126 valence electrons. The van der Waals surface area contributed by atoms with Crippen molar-refractivity contribution in [2.75, 3.05) is 38.2 Å². The van der Waals surface area contributed by atoms with Gasteiger partial charge in [0.1, 0.15) is 5.69 Å². The second-order valence-corrected chi connectivity index (χ2v) is 6.34. The Balaban J connectivity index is 1.54. The lowest BCUT2D eigenvalue weighted by molar-refractivity contribution is -0.386. The Morgan fingerprint density at radius 2 is 2.13 bits per heavy atom. The van der Waals surface area contributed by atoms with Crippen LogP contribution in [-0.4, -0.2) is 48.7 Å². The van der Waals surface area contributed by atoms with Gasteiger partial charge in [0.2, 0.25) is 5.82 Å². The molecule has 0 bridgehead atoms. The van der Waals surface area contributed by atoms with E-state index in [-0.39, 0.29) is 11.7 Å². The van der Waals surface area contributed by atoms with Gasteiger partial charge in [-0.2, -0.15) is 4.39 Å². The monoisotopic (exact) mass is 323 g/mol. The van der Waals surface area contributed by atoms with E-state index in [1.165, 1.54) is 6.07 Å². The highest BCUT2D eigenvalue weighted by Gasteiger charge is 2.26. The number of likely N-dealkylation sites (tertiary alicyclic amines) is 1. The number of ether oxygens (including phenoxy) is 1. The highest BCUT2D eigenvalue weighted by Crippen LogP contribution is 2.29. The van der Waals surface area contributed by atoms with E-state index in [0.717, 1.165) is 58.2 Å². The number of nitrogens with one attached hydrogen (secondary N) is 1. The molecular weight excluding hydrogens is 301 g/mol. The van der Waals surface area contributed by atoms with E-state index in [1.54, 1.807) is 6.07 Å². The highest BCUT2D eigenvalue weighted by atomic mass is 19.1. The molecule has 23 heavy (non-hydrogen) atoms. The van der Waals surface area contributed by atoms with E-state index >= 15 is 0 Å². The normalized spacial score (nSPS) is 23.1. The van der Waals surface area contributed by atoms with Gasteiger partial charge in [0.25, 0.3) is 0 Å². The third-order valence-electron chi connectivity index (χ3n) is 4.66. The lowest BCUT2D eigenvalue weighted by atomic mass is 10.0.